The minimum atomic E-state index is -5.71. The van der Waals surface area contributed by atoms with Crippen LogP contribution in [0.5, 0.6) is 5.75 Å². The van der Waals surface area contributed by atoms with Crippen molar-refractivity contribution >= 4 is 15.8 Å². The van der Waals surface area contributed by atoms with Gasteiger partial charge < -0.3 is 4.18 Å². The number of nitrogens with zero attached hydrogens (tertiary/aromatic N) is 3. The molecule has 1 aromatic carbocycles. The molecule has 0 fully saturated rings. The lowest BCUT2D eigenvalue weighted by molar-refractivity contribution is -0.0500. The third kappa shape index (κ3) is 2.92. The Morgan fingerprint density at radius 1 is 1.08 bits per heavy atom. The van der Waals surface area contributed by atoms with E-state index in [1.807, 2.05) is 0 Å². The Morgan fingerprint density at radius 2 is 1.83 bits per heavy atom. The zero-order valence-electron chi connectivity index (χ0n) is 12.1. The Bertz CT molecular complexity index is 1010. The van der Waals surface area contributed by atoms with Crippen LogP contribution < -0.4 is 4.18 Å². The van der Waals surface area contributed by atoms with Gasteiger partial charge in [-0.2, -0.15) is 21.6 Å². The fourth-order valence-electron chi connectivity index (χ4n) is 2.08. The van der Waals surface area contributed by atoms with Crippen LogP contribution in [0.1, 0.15) is 5.82 Å². The first-order valence-electron chi connectivity index (χ1n) is 6.60. The van der Waals surface area contributed by atoms with Crippen LogP contribution in [-0.4, -0.2) is 28.5 Å². The molecule has 0 bridgehead atoms. The van der Waals surface area contributed by atoms with Crippen molar-refractivity contribution in [1.29, 1.82) is 0 Å². The molecule has 126 valence electrons. The van der Waals surface area contributed by atoms with E-state index >= 15 is 0 Å². The van der Waals surface area contributed by atoms with Crippen molar-refractivity contribution < 1.29 is 25.8 Å². The number of hydrogen-bond acceptors (Lipinski definition) is 5. The number of benzene rings is 1. The molecular formula is C14H10F3N3O3S. The highest BCUT2D eigenvalue weighted by Crippen LogP contribution is 2.29. The van der Waals surface area contributed by atoms with E-state index in [0.717, 1.165) is 6.07 Å². The number of halogens is 3. The summed E-state index contributed by atoms with van der Waals surface area (Å²) in [5.41, 5.74) is -3.75. The molecule has 10 heteroatoms. The van der Waals surface area contributed by atoms with Crippen LogP contribution in [0.15, 0.2) is 42.6 Å². The molecule has 3 rings (SSSR count). The fourth-order valence-corrected chi connectivity index (χ4v) is 2.53. The molecule has 0 aliphatic heterocycles. The van der Waals surface area contributed by atoms with Crippen LogP contribution in [0.4, 0.5) is 13.2 Å². The molecule has 3 aromatic rings. The third-order valence-corrected chi connectivity index (χ3v) is 4.21. The second-order valence-corrected chi connectivity index (χ2v) is 6.44. The average Bonchev–Trinajstić information content (AvgIpc) is 2.87. The van der Waals surface area contributed by atoms with Gasteiger partial charge in [0.1, 0.15) is 11.6 Å². The van der Waals surface area contributed by atoms with E-state index in [1.54, 1.807) is 35.7 Å². The van der Waals surface area contributed by atoms with Gasteiger partial charge in [-0.15, -0.1) is 10.2 Å². The number of hydrogen-bond donors (Lipinski definition) is 0. The quantitative estimate of drug-likeness (QED) is 0.532. The molecule has 0 aliphatic rings. The monoisotopic (exact) mass is 357 g/mol. The van der Waals surface area contributed by atoms with Crippen molar-refractivity contribution in [3.63, 3.8) is 0 Å². The van der Waals surface area contributed by atoms with E-state index in [0.29, 0.717) is 22.6 Å². The molecule has 6 nitrogen and oxygen atoms in total. The summed E-state index contributed by atoms with van der Waals surface area (Å²) in [5.74, 6) is 0.212. The zero-order chi connectivity index (χ0) is 17.5. The summed E-state index contributed by atoms with van der Waals surface area (Å²) in [6, 6.07) is 8.75. The average molecular weight is 357 g/mol. The number of rotatable bonds is 3. The molecule has 2 heterocycles. The Balaban J connectivity index is 1.99. The maximum absolute atomic E-state index is 12.4. The SMILES string of the molecule is Cc1nnc2ccc(-c3cccc(OS(=O)(=O)C(F)(F)F)c3)cn12. The molecule has 0 saturated carbocycles. The smallest absolute Gasteiger partial charge is 0.376 e. The van der Waals surface area contributed by atoms with Crippen LogP contribution in [0.25, 0.3) is 16.8 Å². The largest absolute Gasteiger partial charge is 0.534 e. The molecule has 0 spiro atoms. The van der Waals surface area contributed by atoms with E-state index in [9.17, 15) is 21.6 Å². The minimum absolute atomic E-state index is 0.426. The van der Waals surface area contributed by atoms with Crippen LogP contribution in [-0.2, 0) is 10.1 Å². The maximum Gasteiger partial charge on any atom is 0.534 e. The Hall–Kier alpha value is -2.62. The predicted molar refractivity (Wildman–Crippen MR) is 78.8 cm³/mol. The van der Waals surface area contributed by atoms with Gasteiger partial charge in [-0.25, -0.2) is 0 Å². The summed E-state index contributed by atoms with van der Waals surface area (Å²) >= 11 is 0. The summed E-state index contributed by atoms with van der Waals surface area (Å²) in [6.45, 7) is 1.75. The van der Waals surface area contributed by atoms with Gasteiger partial charge in [0.2, 0.25) is 0 Å². The van der Waals surface area contributed by atoms with E-state index < -0.39 is 21.4 Å². The van der Waals surface area contributed by atoms with Crippen LogP contribution in [0, 0.1) is 6.92 Å². The summed E-state index contributed by atoms with van der Waals surface area (Å²) in [7, 11) is -5.71. The molecular weight excluding hydrogens is 347 g/mol. The number of alkyl halides is 3. The molecule has 2 aromatic heterocycles. The number of fused-ring (bicyclic) bond motifs is 1. The summed E-state index contributed by atoms with van der Waals surface area (Å²) < 4.78 is 65.2. The van der Waals surface area contributed by atoms with Crippen molar-refractivity contribution in [2.45, 2.75) is 12.4 Å². The lowest BCUT2D eigenvalue weighted by Gasteiger charge is -2.10. The van der Waals surface area contributed by atoms with Gasteiger partial charge in [0.15, 0.2) is 5.65 Å². The highest BCUT2D eigenvalue weighted by Gasteiger charge is 2.48. The molecule has 0 aliphatic carbocycles. The molecule has 0 amide bonds. The van der Waals surface area contributed by atoms with E-state index in [-0.39, 0.29) is 0 Å². The molecule has 0 unspecified atom stereocenters. The van der Waals surface area contributed by atoms with Gasteiger partial charge in [0, 0.05) is 6.20 Å². The van der Waals surface area contributed by atoms with Crippen LogP contribution >= 0.6 is 0 Å². The Labute approximate surface area is 134 Å². The normalized spacial score (nSPS) is 12.5. The second kappa shape index (κ2) is 5.48. The first kappa shape index (κ1) is 16.2. The molecule has 0 N–H and O–H groups in total. The van der Waals surface area contributed by atoms with Crippen LogP contribution in [0.2, 0.25) is 0 Å². The highest BCUT2D eigenvalue weighted by atomic mass is 32.2. The van der Waals surface area contributed by atoms with Gasteiger partial charge in [-0.1, -0.05) is 12.1 Å². The van der Waals surface area contributed by atoms with Crippen molar-refractivity contribution in [3.05, 3.63) is 48.4 Å². The lowest BCUT2D eigenvalue weighted by Crippen LogP contribution is -2.28. The molecule has 24 heavy (non-hydrogen) atoms. The van der Waals surface area contributed by atoms with Gasteiger partial charge in [-0.3, -0.25) is 4.40 Å². The van der Waals surface area contributed by atoms with Crippen LogP contribution in [0.3, 0.4) is 0 Å². The summed E-state index contributed by atoms with van der Waals surface area (Å²) in [5, 5.41) is 7.84. The summed E-state index contributed by atoms with van der Waals surface area (Å²) in [6.07, 6.45) is 1.70. The van der Waals surface area contributed by atoms with Gasteiger partial charge in [-0.05, 0) is 42.3 Å². The standard InChI is InChI=1S/C14H10F3N3O3S/c1-9-18-19-13-6-5-11(8-20(9)13)10-3-2-4-12(7-10)23-24(21,22)14(15,16)17/h2-8H,1H3. The molecule has 0 atom stereocenters. The van der Waals surface area contributed by atoms with E-state index in [1.165, 1.54) is 12.1 Å². The van der Waals surface area contributed by atoms with Gasteiger partial charge in [0.05, 0.1) is 0 Å². The van der Waals surface area contributed by atoms with Crippen molar-refractivity contribution in [2.24, 2.45) is 0 Å². The first-order chi connectivity index (χ1) is 11.2. The maximum atomic E-state index is 12.4. The van der Waals surface area contributed by atoms with Crippen molar-refractivity contribution in [3.8, 4) is 16.9 Å². The van der Waals surface area contributed by atoms with Gasteiger partial charge in [0.25, 0.3) is 0 Å². The van der Waals surface area contributed by atoms with Crippen molar-refractivity contribution in [2.75, 3.05) is 0 Å². The summed E-state index contributed by atoms with van der Waals surface area (Å²) in [4.78, 5) is 0. The number of aromatic nitrogens is 3. The van der Waals surface area contributed by atoms with E-state index in [2.05, 4.69) is 14.4 Å². The second-order valence-electron chi connectivity index (χ2n) is 4.90. The highest BCUT2D eigenvalue weighted by molar-refractivity contribution is 7.88. The topological polar surface area (TPSA) is 73.6 Å². The predicted octanol–water partition coefficient (Wildman–Crippen LogP) is 2.93. The minimum Gasteiger partial charge on any atom is -0.376 e. The lowest BCUT2D eigenvalue weighted by atomic mass is 10.1. The zero-order valence-corrected chi connectivity index (χ0v) is 13.0. The Morgan fingerprint density at radius 3 is 2.54 bits per heavy atom. The first-order valence-corrected chi connectivity index (χ1v) is 8.01. The molecule has 0 radical (unpaired) electrons. The Kier molecular flexibility index (Phi) is 3.71. The number of pyridine rings is 1. The fraction of sp³-hybridized carbons (Fsp3) is 0.143. The molecule has 0 saturated heterocycles. The van der Waals surface area contributed by atoms with Crippen molar-refractivity contribution in [1.82, 2.24) is 14.6 Å². The van der Waals surface area contributed by atoms with Gasteiger partial charge >= 0.3 is 15.6 Å². The number of aryl methyl sites for hydroxylation is 1. The third-order valence-electron chi connectivity index (χ3n) is 3.23. The van der Waals surface area contributed by atoms with E-state index in [4.69, 9.17) is 0 Å².